The van der Waals surface area contributed by atoms with Gasteiger partial charge in [0.2, 0.25) is 0 Å². The van der Waals surface area contributed by atoms with E-state index in [9.17, 15) is 5.11 Å². The van der Waals surface area contributed by atoms with Crippen molar-refractivity contribution in [2.45, 2.75) is 32.4 Å². The second-order valence-electron chi connectivity index (χ2n) is 3.88. The molecule has 1 aromatic rings. The van der Waals surface area contributed by atoms with E-state index in [2.05, 4.69) is 13.8 Å². The monoisotopic (exact) mass is 233 g/mol. The average Bonchev–Trinajstić information content (AvgIpc) is 2.49. The van der Waals surface area contributed by atoms with Gasteiger partial charge in [0, 0.05) is 10.9 Å². The zero-order chi connectivity index (χ0) is 10.7. The summed E-state index contributed by atoms with van der Waals surface area (Å²) < 4.78 is 0.691. The van der Waals surface area contributed by atoms with Crippen LogP contribution < -0.4 is 5.73 Å². The van der Waals surface area contributed by atoms with Crippen molar-refractivity contribution in [1.82, 2.24) is 0 Å². The van der Waals surface area contributed by atoms with Crippen molar-refractivity contribution in [3.05, 3.63) is 21.3 Å². The van der Waals surface area contributed by atoms with Crippen molar-refractivity contribution in [2.75, 3.05) is 0 Å². The lowest BCUT2D eigenvalue weighted by molar-refractivity contribution is 0.139. The first-order valence-corrected chi connectivity index (χ1v) is 5.89. The molecule has 0 radical (unpaired) electrons. The number of halogens is 1. The molecule has 0 aliphatic heterocycles. The van der Waals surface area contributed by atoms with Crippen molar-refractivity contribution in [3.63, 3.8) is 0 Å². The van der Waals surface area contributed by atoms with E-state index in [1.165, 1.54) is 11.3 Å². The molecule has 1 aromatic heterocycles. The highest BCUT2D eigenvalue weighted by molar-refractivity contribution is 7.16. The molecule has 80 valence electrons. The van der Waals surface area contributed by atoms with Crippen molar-refractivity contribution in [3.8, 4) is 0 Å². The molecular formula is C10H16ClNOS. The van der Waals surface area contributed by atoms with Crippen LogP contribution in [-0.2, 0) is 0 Å². The number of hydrogen-bond acceptors (Lipinski definition) is 3. The van der Waals surface area contributed by atoms with Crippen LogP contribution in [0.25, 0.3) is 0 Å². The van der Waals surface area contributed by atoms with Crippen molar-refractivity contribution < 1.29 is 5.11 Å². The van der Waals surface area contributed by atoms with E-state index in [0.717, 1.165) is 11.3 Å². The summed E-state index contributed by atoms with van der Waals surface area (Å²) in [4.78, 5) is 0.850. The van der Waals surface area contributed by atoms with Crippen LogP contribution in [-0.4, -0.2) is 11.1 Å². The minimum absolute atomic E-state index is 0.204. The highest BCUT2D eigenvalue weighted by Crippen LogP contribution is 2.29. The van der Waals surface area contributed by atoms with Gasteiger partial charge in [0.1, 0.15) is 6.10 Å². The van der Waals surface area contributed by atoms with Crippen LogP contribution >= 0.6 is 22.9 Å². The van der Waals surface area contributed by atoms with Gasteiger partial charge in [0.05, 0.1) is 4.34 Å². The highest BCUT2D eigenvalue weighted by Gasteiger charge is 2.19. The van der Waals surface area contributed by atoms with Crippen LogP contribution in [0, 0.1) is 5.92 Å². The molecule has 1 rings (SSSR count). The van der Waals surface area contributed by atoms with Crippen LogP contribution in [0.1, 0.15) is 31.2 Å². The molecule has 0 saturated heterocycles. The maximum absolute atomic E-state index is 9.88. The first kappa shape index (κ1) is 12.0. The van der Waals surface area contributed by atoms with Gasteiger partial charge >= 0.3 is 0 Å². The number of hydrogen-bond donors (Lipinski definition) is 2. The minimum atomic E-state index is -0.588. The van der Waals surface area contributed by atoms with Gasteiger partial charge in [-0.15, -0.1) is 11.3 Å². The zero-order valence-electron chi connectivity index (χ0n) is 8.40. The van der Waals surface area contributed by atoms with Gasteiger partial charge in [-0.25, -0.2) is 0 Å². The van der Waals surface area contributed by atoms with E-state index in [-0.39, 0.29) is 6.04 Å². The maximum atomic E-state index is 9.88. The van der Waals surface area contributed by atoms with E-state index in [4.69, 9.17) is 17.3 Å². The normalized spacial score (nSPS) is 15.9. The van der Waals surface area contributed by atoms with Gasteiger partial charge in [-0.1, -0.05) is 25.4 Å². The van der Waals surface area contributed by atoms with Crippen LogP contribution in [0.5, 0.6) is 0 Å². The second kappa shape index (κ2) is 5.12. The molecule has 2 nitrogen and oxygen atoms in total. The first-order chi connectivity index (χ1) is 6.50. The molecule has 0 amide bonds. The molecule has 0 saturated carbocycles. The molecule has 0 bridgehead atoms. The minimum Gasteiger partial charge on any atom is -0.386 e. The van der Waals surface area contributed by atoms with Crippen molar-refractivity contribution >= 4 is 22.9 Å². The van der Waals surface area contributed by atoms with Crippen LogP contribution in [0.2, 0.25) is 4.34 Å². The fourth-order valence-electron chi connectivity index (χ4n) is 1.37. The number of rotatable bonds is 4. The van der Waals surface area contributed by atoms with Crippen LogP contribution in [0.15, 0.2) is 12.1 Å². The number of nitrogens with two attached hydrogens (primary N) is 1. The molecule has 0 fully saturated rings. The number of thiophene rings is 1. The Bertz CT molecular complexity index is 287. The van der Waals surface area contributed by atoms with E-state index in [1.54, 1.807) is 6.07 Å². The lowest BCUT2D eigenvalue weighted by Gasteiger charge is -2.19. The number of aliphatic hydroxyl groups is 1. The molecule has 14 heavy (non-hydrogen) atoms. The smallest absolute Gasteiger partial charge is 0.103 e. The second-order valence-corrected chi connectivity index (χ2v) is 5.63. The quantitative estimate of drug-likeness (QED) is 0.840. The van der Waals surface area contributed by atoms with E-state index >= 15 is 0 Å². The predicted molar refractivity (Wildman–Crippen MR) is 61.7 cm³/mol. The molecule has 0 aromatic carbocycles. The van der Waals surface area contributed by atoms with Gasteiger partial charge < -0.3 is 10.8 Å². The van der Waals surface area contributed by atoms with E-state index in [1.807, 2.05) is 6.07 Å². The molecule has 0 aliphatic rings. The third-order valence-electron chi connectivity index (χ3n) is 2.03. The Morgan fingerprint density at radius 2 is 2.14 bits per heavy atom. The fourth-order valence-corrected chi connectivity index (χ4v) is 2.49. The average molecular weight is 234 g/mol. The topological polar surface area (TPSA) is 46.2 Å². The molecule has 4 heteroatoms. The van der Waals surface area contributed by atoms with Gasteiger partial charge in [0.15, 0.2) is 0 Å². The summed E-state index contributed by atoms with van der Waals surface area (Å²) in [5.74, 6) is 0.495. The predicted octanol–water partition coefficient (Wildman–Crippen LogP) is 2.81. The van der Waals surface area contributed by atoms with Crippen LogP contribution in [0.3, 0.4) is 0 Å². The summed E-state index contributed by atoms with van der Waals surface area (Å²) in [7, 11) is 0. The third-order valence-corrected chi connectivity index (χ3v) is 3.34. The van der Waals surface area contributed by atoms with E-state index in [0.29, 0.717) is 10.3 Å². The summed E-state index contributed by atoms with van der Waals surface area (Å²) >= 11 is 7.17. The molecule has 2 unspecified atom stereocenters. The summed E-state index contributed by atoms with van der Waals surface area (Å²) in [5.41, 5.74) is 5.87. The van der Waals surface area contributed by atoms with Crippen molar-refractivity contribution in [2.24, 2.45) is 11.7 Å². The Hall–Kier alpha value is -0.0900. The standard InChI is InChI=1S/C10H16ClNOS/c1-6(2)5-7(12)10(13)8-3-4-9(11)14-8/h3-4,6-7,10,13H,5,12H2,1-2H3. The largest absolute Gasteiger partial charge is 0.386 e. The molecular weight excluding hydrogens is 218 g/mol. The summed E-state index contributed by atoms with van der Waals surface area (Å²) in [6.45, 7) is 4.18. The Morgan fingerprint density at radius 3 is 2.57 bits per heavy atom. The Kier molecular flexibility index (Phi) is 4.38. The summed E-state index contributed by atoms with van der Waals surface area (Å²) in [6.07, 6.45) is 0.228. The summed E-state index contributed by atoms with van der Waals surface area (Å²) in [6, 6.07) is 3.41. The molecule has 1 heterocycles. The fraction of sp³-hybridized carbons (Fsp3) is 0.600. The Morgan fingerprint density at radius 1 is 1.50 bits per heavy atom. The van der Waals surface area contributed by atoms with Gasteiger partial charge in [-0.3, -0.25) is 0 Å². The molecule has 0 aliphatic carbocycles. The molecule has 0 spiro atoms. The lowest BCUT2D eigenvalue weighted by Crippen LogP contribution is -2.29. The highest BCUT2D eigenvalue weighted by atomic mass is 35.5. The van der Waals surface area contributed by atoms with E-state index < -0.39 is 6.10 Å². The first-order valence-electron chi connectivity index (χ1n) is 4.69. The zero-order valence-corrected chi connectivity index (χ0v) is 9.98. The van der Waals surface area contributed by atoms with Gasteiger partial charge in [-0.05, 0) is 24.5 Å². The maximum Gasteiger partial charge on any atom is 0.103 e. The third kappa shape index (κ3) is 3.24. The van der Waals surface area contributed by atoms with Crippen molar-refractivity contribution in [1.29, 1.82) is 0 Å². The molecule has 3 N–H and O–H groups in total. The van der Waals surface area contributed by atoms with Gasteiger partial charge in [-0.2, -0.15) is 0 Å². The van der Waals surface area contributed by atoms with Gasteiger partial charge in [0.25, 0.3) is 0 Å². The Balaban J connectivity index is 2.60. The number of aliphatic hydroxyl groups excluding tert-OH is 1. The molecule has 2 atom stereocenters. The SMILES string of the molecule is CC(C)CC(N)C(O)c1ccc(Cl)s1. The Labute approximate surface area is 93.7 Å². The lowest BCUT2D eigenvalue weighted by atomic mass is 9.99. The summed E-state index contributed by atoms with van der Waals surface area (Å²) in [5, 5.41) is 9.88. The van der Waals surface area contributed by atoms with Crippen LogP contribution in [0.4, 0.5) is 0 Å².